The van der Waals surface area contributed by atoms with Gasteiger partial charge in [0.2, 0.25) is 5.91 Å². The molecule has 1 saturated heterocycles. The van der Waals surface area contributed by atoms with Crippen molar-refractivity contribution in [1.29, 1.82) is 0 Å². The van der Waals surface area contributed by atoms with Gasteiger partial charge in [-0.1, -0.05) is 18.5 Å². The molecule has 1 N–H and O–H groups in total. The Morgan fingerprint density at radius 3 is 3.15 bits per heavy atom. The molecule has 1 aliphatic rings. The first kappa shape index (κ1) is 10.6. The van der Waals surface area contributed by atoms with Gasteiger partial charge in [-0.3, -0.25) is 9.52 Å². The van der Waals surface area contributed by atoms with Crippen molar-refractivity contribution in [3.8, 4) is 0 Å². The molecule has 0 saturated carbocycles. The van der Waals surface area contributed by atoms with E-state index in [0.717, 1.165) is 25.9 Å². The molecule has 0 bridgehead atoms. The number of carbonyl (C=O) groups is 1. The number of carbonyl (C=O) groups excluding carboxylic acids is 1. The van der Waals surface area contributed by atoms with Crippen LogP contribution in [0.25, 0.3) is 0 Å². The zero-order chi connectivity index (χ0) is 9.68. The van der Waals surface area contributed by atoms with Crippen LogP contribution in [0.5, 0.6) is 0 Å². The van der Waals surface area contributed by atoms with Crippen molar-refractivity contribution in [2.75, 3.05) is 19.3 Å². The standard InChI is InChI=1S/C9H16N2OS/c1-3-9(12)11-6-4-5-8(7-11)10-13-2/h3,8,10H,1,4-7H2,2H3/t8-/m0/s1. The second-order valence-corrected chi connectivity index (χ2v) is 3.79. The van der Waals surface area contributed by atoms with E-state index in [1.165, 1.54) is 6.08 Å². The van der Waals surface area contributed by atoms with Gasteiger partial charge in [-0.05, 0) is 25.2 Å². The SMILES string of the molecule is C=CC(=O)N1CCC[C@H](NSC)C1. The van der Waals surface area contributed by atoms with E-state index < -0.39 is 0 Å². The number of likely N-dealkylation sites (tertiary alicyclic amines) is 1. The molecule has 1 heterocycles. The molecule has 1 fully saturated rings. The summed E-state index contributed by atoms with van der Waals surface area (Å²) in [5.74, 6) is 0.0487. The van der Waals surface area contributed by atoms with Gasteiger partial charge in [-0.25, -0.2) is 0 Å². The molecule has 1 amide bonds. The Balaban J connectivity index is 2.41. The largest absolute Gasteiger partial charge is 0.338 e. The number of amides is 1. The maximum absolute atomic E-state index is 11.3. The number of nitrogens with zero attached hydrogens (tertiary/aromatic N) is 1. The first-order valence-electron chi connectivity index (χ1n) is 4.47. The van der Waals surface area contributed by atoms with Crippen LogP contribution in [0, 0.1) is 0 Å². The topological polar surface area (TPSA) is 32.3 Å². The van der Waals surface area contributed by atoms with Crippen molar-refractivity contribution in [2.24, 2.45) is 0 Å². The summed E-state index contributed by atoms with van der Waals surface area (Å²) in [6, 6.07) is 0.438. The van der Waals surface area contributed by atoms with Crippen molar-refractivity contribution < 1.29 is 4.79 Å². The summed E-state index contributed by atoms with van der Waals surface area (Å²) < 4.78 is 3.28. The maximum atomic E-state index is 11.3. The lowest BCUT2D eigenvalue weighted by molar-refractivity contribution is -0.127. The Labute approximate surface area is 83.7 Å². The average molecular weight is 200 g/mol. The first-order chi connectivity index (χ1) is 6.27. The van der Waals surface area contributed by atoms with Crippen LogP contribution in [0.3, 0.4) is 0 Å². The molecule has 3 nitrogen and oxygen atoms in total. The molecule has 0 aromatic rings. The highest BCUT2D eigenvalue weighted by atomic mass is 32.2. The Hall–Kier alpha value is -0.480. The van der Waals surface area contributed by atoms with Crippen molar-refractivity contribution in [3.63, 3.8) is 0 Å². The van der Waals surface area contributed by atoms with Crippen molar-refractivity contribution >= 4 is 17.9 Å². The summed E-state index contributed by atoms with van der Waals surface area (Å²) in [5.41, 5.74) is 0. The fourth-order valence-corrected chi connectivity index (χ4v) is 2.09. The highest BCUT2D eigenvalue weighted by Crippen LogP contribution is 2.11. The second kappa shape index (κ2) is 5.29. The molecule has 0 aromatic carbocycles. The molecule has 1 rings (SSSR count). The molecule has 74 valence electrons. The van der Waals surface area contributed by atoms with E-state index >= 15 is 0 Å². The molecular weight excluding hydrogens is 184 g/mol. The number of hydrogen-bond donors (Lipinski definition) is 1. The molecule has 0 aromatic heterocycles. The van der Waals surface area contributed by atoms with Crippen LogP contribution in [0.4, 0.5) is 0 Å². The van der Waals surface area contributed by atoms with Crippen molar-refractivity contribution in [1.82, 2.24) is 9.62 Å². The van der Waals surface area contributed by atoms with Gasteiger partial charge < -0.3 is 4.90 Å². The predicted octanol–water partition coefficient (Wildman–Crippen LogP) is 1.03. The summed E-state index contributed by atoms with van der Waals surface area (Å²) in [6.45, 7) is 5.17. The van der Waals surface area contributed by atoms with E-state index in [1.807, 2.05) is 11.2 Å². The predicted molar refractivity (Wildman–Crippen MR) is 56.4 cm³/mol. The maximum Gasteiger partial charge on any atom is 0.246 e. The minimum Gasteiger partial charge on any atom is -0.338 e. The molecule has 0 spiro atoms. The van der Waals surface area contributed by atoms with Crippen molar-refractivity contribution in [3.05, 3.63) is 12.7 Å². The first-order valence-corrected chi connectivity index (χ1v) is 5.70. The Bertz CT molecular complexity index is 194. The highest BCUT2D eigenvalue weighted by molar-refractivity contribution is 7.96. The Kier molecular flexibility index (Phi) is 4.32. The van der Waals surface area contributed by atoms with Crippen LogP contribution in [0.1, 0.15) is 12.8 Å². The quantitative estimate of drug-likeness (QED) is 0.545. The number of hydrogen-bond acceptors (Lipinski definition) is 3. The van der Waals surface area contributed by atoms with Crippen molar-refractivity contribution in [2.45, 2.75) is 18.9 Å². The lowest BCUT2D eigenvalue weighted by Crippen LogP contribution is -2.45. The smallest absolute Gasteiger partial charge is 0.246 e. The zero-order valence-corrected chi connectivity index (χ0v) is 8.77. The monoisotopic (exact) mass is 200 g/mol. The number of rotatable bonds is 3. The summed E-state index contributed by atoms with van der Waals surface area (Å²) in [5, 5.41) is 0. The van der Waals surface area contributed by atoms with Crippen LogP contribution in [0.2, 0.25) is 0 Å². The molecule has 0 radical (unpaired) electrons. The minimum absolute atomic E-state index is 0.0487. The third kappa shape index (κ3) is 3.04. The molecule has 1 atom stereocenters. The van der Waals surface area contributed by atoms with E-state index in [-0.39, 0.29) is 5.91 Å². The summed E-state index contributed by atoms with van der Waals surface area (Å²) in [6.07, 6.45) is 5.63. The van der Waals surface area contributed by atoms with E-state index in [9.17, 15) is 4.79 Å². The van der Waals surface area contributed by atoms with Gasteiger partial charge in [0, 0.05) is 19.1 Å². The molecule has 1 aliphatic heterocycles. The third-order valence-corrected chi connectivity index (χ3v) is 2.76. The van der Waals surface area contributed by atoms with E-state index in [1.54, 1.807) is 11.9 Å². The third-order valence-electron chi connectivity index (χ3n) is 2.19. The normalized spacial score (nSPS) is 22.8. The number of piperidine rings is 1. The van der Waals surface area contributed by atoms with E-state index in [4.69, 9.17) is 0 Å². The minimum atomic E-state index is 0.0487. The molecule has 0 unspecified atom stereocenters. The lowest BCUT2D eigenvalue weighted by Gasteiger charge is -2.31. The van der Waals surface area contributed by atoms with Gasteiger partial charge >= 0.3 is 0 Å². The van der Waals surface area contributed by atoms with Crippen LogP contribution in [0.15, 0.2) is 12.7 Å². The average Bonchev–Trinajstić information content (AvgIpc) is 2.18. The summed E-state index contributed by atoms with van der Waals surface area (Å²) in [7, 11) is 0. The van der Waals surface area contributed by atoms with E-state index in [2.05, 4.69) is 11.3 Å². The second-order valence-electron chi connectivity index (χ2n) is 3.15. The zero-order valence-electron chi connectivity index (χ0n) is 7.95. The molecule has 0 aliphatic carbocycles. The molecular formula is C9H16N2OS. The van der Waals surface area contributed by atoms with Gasteiger partial charge in [0.1, 0.15) is 0 Å². The fraction of sp³-hybridized carbons (Fsp3) is 0.667. The Morgan fingerprint density at radius 1 is 1.77 bits per heavy atom. The van der Waals surface area contributed by atoms with Crippen LogP contribution >= 0.6 is 11.9 Å². The van der Waals surface area contributed by atoms with Gasteiger partial charge in [-0.15, -0.1) is 0 Å². The Morgan fingerprint density at radius 2 is 2.54 bits per heavy atom. The molecule has 4 heteroatoms. The van der Waals surface area contributed by atoms with Gasteiger partial charge in [0.05, 0.1) is 0 Å². The van der Waals surface area contributed by atoms with Gasteiger partial charge in [-0.2, -0.15) is 0 Å². The number of nitrogens with one attached hydrogen (secondary N) is 1. The van der Waals surface area contributed by atoms with Gasteiger partial charge in [0.25, 0.3) is 0 Å². The highest BCUT2D eigenvalue weighted by Gasteiger charge is 2.21. The van der Waals surface area contributed by atoms with Crippen LogP contribution in [-0.4, -0.2) is 36.2 Å². The fourth-order valence-electron chi connectivity index (χ4n) is 1.57. The lowest BCUT2D eigenvalue weighted by atomic mass is 10.1. The van der Waals surface area contributed by atoms with E-state index in [0.29, 0.717) is 6.04 Å². The van der Waals surface area contributed by atoms with Crippen LogP contribution in [-0.2, 0) is 4.79 Å². The van der Waals surface area contributed by atoms with Crippen LogP contribution < -0.4 is 4.72 Å². The van der Waals surface area contributed by atoms with Gasteiger partial charge in [0.15, 0.2) is 0 Å². The summed E-state index contributed by atoms with van der Waals surface area (Å²) >= 11 is 1.62. The summed E-state index contributed by atoms with van der Waals surface area (Å²) in [4.78, 5) is 13.1. The molecule has 13 heavy (non-hydrogen) atoms.